The molecule has 114 valence electrons. The molecule has 19 heavy (non-hydrogen) atoms. The molecular weight excluding hydrogens is 292 g/mol. The van der Waals surface area contributed by atoms with E-state index in [9.17, 15) is 0 Å². The number of unbranched alkanes of at least 4 members (excludes halogenated alkanes) is 9. The molecule has 0 unspecified atom stereocenters. The molecule has 0 saturated heterocycles. The summed E-state index contributed by atoms with van der Waals surface area (Å²) >= 11 is 3.39. The van der Waals surface area contributed by atoms with Gasteiger partial charge in [0.05, 0.1) is 20.6 Å². The van der Waals surface area contributed by atoms with Crippen LogP contribution in [-0.4, -0.2) is 20.6 Å². The van der Waals surface area contributed by atoms with Gasteiger partial charge in [0, 0.05) is 0 Å². The van der Waals surface area contributed by atoms with Crippen LogP contribution in [0.25, 0.3) is 0 Å². The summed E-state index contributed by atoms with van der Waals surface area (Å²) in [5.41, 5.74) is 0. The zero-order valence-corrected chi connectivity index (χ0v) is 17.0. The van der Waals surface area contributed by atoms with Crippen LogP contribution in [-0.2, 0) is 0 Å². The van der Waals surface area contributed by atoms with E-state index < -0.39 is 0 Å². The molecule has 0 aliphatic heterocycles. The van der Waals surface area contributed by atoms with E-state index in [2.05, 4.69) is 32.9 Å². The van der Waals surface area contributed by atoms with Crippen molar-refractivity contribution < 1.29 is 51.5 Å². The molecular formula is C14H32Cl2NNaO. The minimum atomic E-state index is 0. The molecule has 0 radical (unpaired) electrons. The van der Waals surface area contributed by atoms with Gasteiger partial charge in [0.1, 0.15) is 0 Å². The molecule has 0 aliphatic rings. The van der Waals surface area contributed by atoms with Crippen molar-refractivity contribution in [2.75, 3.05) is 20.6 Å². The molecule has 0 fully saturated rings. The number of halogens is 2. The van der Waals surface area contributed by atoms with Crippen molar-refractivity contribution in [3.05, 3.63) is 0 Å². The van der Waals surface area contributed by atoms with Gasteiger partial charge in [-0.05, 0) is 12.8 Å². The summed E-state index contributed by atoms with van der Waals surface area (Å²) < 4.78 is 7.72. The summed E-state index contributed by atoms with van der Waals surface area (Å²) in [5.74, 6) is 0. The molecule has 5 heteroatoms. The number of rotatable bonds is 11. The molecule has 0 aromatic carbocycles. The van der Waals surface area contributed by atoms with Gasteiger partial charge >= 0.3 is 29.6 Å². The third kappa shape index (κ3) is 32.8. The Morgan fingerprint density at radius 2 is 1.05 bits per heavy atom. The standard InChI is InChI=1S/C14H31N.ClO.ClH.Na/c1-4-5-6-7-8-9-10-11-12-13-14-15(2)3;1-2;;/h4-14H2,1-3H3;;1H;/q;-1;;+1. The van der Waals surface area contributed by atoms with Gasteiger partial charge in [-0.1, -0.05) is 58.3 Å². The first-order valence-corrected chi connectivity index (χ1v) is 7.52. The molecule has 2 nitrogen and oxygen atoms in total. The van der Waals surface area contributed by atoms with Crippen LogP contribution >= 0.6 is 11.9 Å². The van der Waals surface area contributed by atoms with Gasteiger partial charge < -0.3 is 22.0 Å². The topological polar surface area (TPSA) is 27.5 Å². The average Bonchev–Trinajstić information content (AvgIpc) is 2.34. The van der Waals surface area contributed by atoms with Crippen LogP contribution in [0.4, 0.5) is 0 Å². The molecule has 0 saturated carbocycles. The van der Waals surface area contributed by atoms with E-state index in [0.717, 1.165) is 0 Å². The van der Waals surface area contributed by atoms with Crippen molar-refractivity contribution in [2.45, 2.75) is 71.1 Å². The third-order valence-electron chi connectivity index (χ3n) is 3.03. The van der Waals surface area contributed by atoms with Crippen molar-refractivity contribution >= 4 is 11.9 Å². The third-order valence-corrected chi connectivity index (χ3v) is 3.03. The van der Waals surface area contributed by atoms with Gasteiger partial charge in [-0.15, -0.1) is 0 Å². The second kappa shape index (κ2) is 27.8. The quantitative estimate of drug-likeness (QED) is 0.311. The van der Waals surface area contributed by atoms with Crippen LogP contribution in [0.3, 0.4) is 0 Å². The minimum Gasteiger partial charge on any atom is -1.00 e. The van der Waals surface area contributed by atoms with E-state index in [-0.39, 0.29) is 42.0 Å². The van der Waals surface area contributed by atoms with Crippen LogP contribution in [0.1, 0.15) is 71.1 Å². The van der Waals surface area contributed by atoms with Crippen LogP contribution in [0.5, 0.6) is 0 Å². The van der Waals surface area contributed by atoms with Gasteiger partial charge in [0.15, 0.2) is 0 Å². The van der Waals surface area contributed by atoms with E-state index in [4.69, 9.17) is 4.66 Å². The zero-order chi connectivity index (χ0) is 13.4. The molecule has 0 rings (SSSR count). The van der Waals surface area contributed by atoms with Crippen molar-refractivity contribution in [3.63, 3.8) is 0 Å². The van der Waals surface area contributed by atoms with Gasteiger partial charge in [0.2, 0.25) is 0 Å². The maximum atomic E-state index is 7.72. The number of quaternary nitrogens is 1. The Morgan fingerprint density at radius 1 is 0.737 bits per heavy atom. The summed E-state index contributed by atoms with van der Waals surface area (Å²) in [6.45, 7) is 3.63. The van der Waals surface area contributed by atoms with E-state index in [1.54, 1.807) is 4.90 Å². The van der Waals surface area contributed by atoms with E-state index in [1.807, 2.05) is 0 Å². The van der Waals surface area contributed by atoms with Gasteiger partial charge in [-0.2, -0.15) is 0 Å². The average molecular weight is 324 g/mol. The summed E-state index contributed by atoms with van der Waals surface area (Å²) in [7, 11) is 4.49. The zero-order valence-electron chi connectivity index (χ0n) is 13.4. The van der Waals surface area contributed by atoms with Crippen molar-refractivity contribution in [2.24, 2.45) is 0 Å². The molecule has 0 atom stereocenters. The Bertz CT molecular complexity index is 130. The fourth-order valence-electron chi connectivity index (χ4n) is 1.97. The fraction of sp³-hybridized carbons (Fsp3) is 1.00. The number of nitrogens with one attached hydrogen (secondary N) is 1. The largest absolute Gasteiger partial charge is 1.00 e. The van der Waals surface area contributed by atoms with Crippen LogP contribution < -0.4 is 51.5 Å². The Hall–Kier alpha value is 1.50. The number of hydrogen-bond donors (Lipinski definition) is 1. The Kier molecular flexibility index (Phi) is 41.9. The smallest absolute Gasteiger partial charge is 1.00 e. The molecule has 0 aromatic rings. The first kappa shape index (κ1) is 28.6. The van der Waals surface area contributed by atoms with E-state index in [0.29, 0.717) is 0 Å². The Balaban J connectivity index is -0.000000267. The van der Waals surface area contributed by atoms with Crippen molar-refractivity contribution in [1.29, 1.82) is 0 Å². The monoisotopic (exact) mass is 323 g/mol. The predicted molar refractivity (Wildman–Crippen MR) is 75.4 cm³/mol. The Labute approximate surface area is 154 Å². The van der Waals surface area contributed by atoms with Gasteiger partial charge in [0.25, 0.3) is 0 Å². The summed E-state index contributed by atoms with van der Waals surface area (Å²) in [6.07, 6.45) is 14.5. The van der Waals surface area contributed by atoms with Gasteiger partial charge in [-0.25, -0.2) is 11.9 Å². The summed E-state index contributed by atoms with van der Waals surface area (Å²) in [6, 6.07) is 0. The molecule has 0 spiro atoms. The van der Waals surface area contributed by atoms with Crippen LogP contribution in [0.15, 0.2) is 0 Å². The molecule has 0 bridgehead atoms. The summed E-state index contributed by atoms with van der Waals surface area (Å²) in [5, 5.41) is 0. The fourth-order valence-corrected chi connectivity index (χ4v) is 1.97. The maximum Gasteiger partial charge on any atom is 1.00 e. The van der Waals surface area contributed by atoms with Crippen molar-refractivity contribution in [1.82, 2.24) is 0 Å². The van der Waals surface area contributed by atoms with Crippen LogP contribution in [0.2, 0.25) is 0 Å². The minimum absolute atomic E-state index is 0. The van der Waals surface area contributed by atoms with E-state index >= 15 is 0 Å². The normalized spacial score (nSPS) is 9.16. The Morgan fingerprint density at radius 3 is 1.37 bits per heavy atom. The van der Waals surface area contributed by atoms with Crippen molar-refractivity contribution in [3.8, 4) is 0 Å². The van der Waals surface area contributed by atoms with Crippen LogP contribution in [0, 0.1) is 0 Å². The first-order chi connectivity index (χ1) is 8.27. The molecule has 0 heterocycles. The first-order valence-electron chi connectivity index (χ1n) is 7.21. The number of hydrogen-bond acceptors (Lipinski definition) is 1. The van der Waals surface area contributed by atoms with Gasteiger partial charge in [-0.3, -0.25) is 0 Å². The molecule has 0 aromatic heterocycles. The predicted octanol–water partition coefficient (Wildman–Crippen LogP) is -3.44. The maximum absolute atomic E-state index is 7.72. The molecule has 1 N–H and O–H groups in total. The second-order valence-corrected chi connectivity index (χ2v) is 5.14. The van der Waals surface area contributed by atoms with E-state index in [1.165, 1.54) is 70.8 Å². The second-order valence-electron chi connectivity index (χ2n) is 5.14. The molecule has 0 aliphatic carbocycles. The SMILES string of the molecule is CCCCCCCCCCCC[NH+](C)C.[Cl-].[Na+].[O-]Cl. The molecule has 0 amide bonds. The summed E-state index contributed by atoms with van der Waals surface area (Å²) in [4.78, 5) is 1.59.